The Hall–Kier alpha value is -2.14. The molecule has 0 radical (unpaired) electrons. The molecule has 5 nitrogen and oxygen atoms in total. The summed E-state index contributed by atoms with van der Waals surface area (Å²) in [5.74, 6) is 0. The Balaban J connectivity index is 1.84. The smallest absolute Gasteiger partial charge is 0.0876 e. The zero-order chi connectivity index (χ0) is 14.8. The molecule has 1 unspecified atom stereocenters. The molecular formula is C16H20N4O. The minimum Gasteiger partial charge on any atom is -0.388 e. The Morgan fingerprint density at radius 1 is 1.29 bits per heavy atom. The number of aromatic nitrogens is 4. The lowest BCUT2D eigenvalue weighted by atomic mass is 10.1. The van der Waals surface area contributed by atoms with E-state index in [0.29, 0.717) is 6.42 Å². The van der Waals surface area contributed by atoms with Crippen molar-refractivity contribution in [1.82, 2.24) is 19.6 Å². The fourth-order valence-corrected chi connectivity index (χ4v) is 2.64. The average molecular weight is 284 g/mol. The van der Waals surface area contributed by atoms with Gasteiger partial charge in [0.15, 0.2) is 0 Å². The molecule has 1 atom stereocenters. The number of para-hydroxylation sites is 1. The van der Waals surface area contributed by atoms with Gasteiger partial charge in [-0.25, -0.2) is 0 Å². The number of fused-ring (bicyclic) bond motifs is 1. The molecule has 0 aliphatic heterocycles. The average Bonchev–Trinajstić information content (AvgIpc) is 3.06. The van der Waals surface area contributed by atoms with Crippen LogP contribution in [0.15, 0.2) is 36.7 Å². The van der Waals surface area contributed by atoms with Crippen LogP contribution in [0.1, 0.15) is 30.7 Å². The molecule has 0 saturated carbocycles. The number of rotatable bonds is 5. The van der Waals surface area contributed by atoms with Crippen molar-refractivity contribution in [2.75, 3.05) is 0 Å². The molecule has 21 heavy (non-hydrogen) atoms. The van der Waals surface area contributed by atoms with E-state index in [2.05, 4.69) is 17.1 Å². The lowest BCUT2D eigenvalue weighted by molar-refractivity contribution is 0.177. The number of aryl methyl sites for hydroxylation is 2. The molecule has 0 aliphatic rings. The number of hydrogen-bond donors (Lipinski definition) is 1. The van der Waals surface area contributed by atoms with E-state index in [1.54, 1.807) is 6.20 Å². The molecule has 5 heteroatoms. The molecule has 3 aromatic rings. The standard InChI is InChI=1S/C16H20N4O/c1-3-8-20-11-12(10-17-20)16(21)9-14-13-6-4-5-7-15(13)19(2)18-14/h4-7,10-11,16,21H,3,8-9H2,1-2H3. The van der Waals surface area contributed by atoms with Crippen molar-refractivity contribution in [3.8, 4) is 0 Å². The van der Waals surface area contributed by atoms with Crippen molar-refractivity contribution in [1.29, 1.82) is 0 Å². The van der Waals surface area contributed by atoms with Crippen molar-refractivity contribution in [2.24, 2.45) is 7.05 Å². The Kier molecular flexibility index (Phi) is 3.75. The highest BCUT2D eigenvalue weighted by molar-refractivity contribution is 5.81. The van der Waals surface area contributed by atoms with Crippen molar-refractivity contribution in [2.45, 2.75) is 32.4 Å². The van der Waals surface area contributed by atoms with Gasteiger partial charge in [0.2, 0.25) is 0 Å². The van der Waals surface area contributed by atoms with E-state index in [-0.39, 0.29) is 0 Å². The minimum atomic E-state index is -0.575. The number of hydrogen-bond acceptors (Lipinski definition) is 3. The molecule has 2 heterocycles. The van der Waals surface area contributed by atoms with Gasteiger partial charge in [-0.05, 0) is 12.5 Å². The van der Waals surface area contributed by atoms with Crippen LogP contribution in [0.2, 0.25) is 0 Å². The van der Waals surface area contributed by atoms with Crippen LogP contribution in [0, 0.1) is 0 Å². The van der Waals surface area contributed by atoms with Crippen LogP contribution < -0.4 is 0 Å². The second-order valence-corrected chi connectivity index (χ2v) is 5.34. The van der Waals surface area contributed by atoms with E-state index in [1.165, 1.54) is 0 Å². The Labute approximate surface area is 123 Å². The van der Waals surface area contributed by atoms with Crippen molar-refractivity contribution in [3.63, 3.8) is 0 Å². The first-order valence-electron chi connectivity index (χ1n) is 7.30. The van der Waals surface area contributed by atoms with Crippen molar-refractivity contribution >= 4 is 10.9 Å². The molecule has 2 aromatic heterocycles. The molecule has 1 N–H and O–H groups in total. The van der Waals surface area contributed by atoms with Gasteiger partial charge in [0.05, 0.1) is 23.5 Å². The van der Waals surface area contributed by atoms with Gasteiger partial charge in [-0.1, -0.05) is 25.1 Å². The van der Waals surface area contributed by atoms with E-state index in [0.717, 1.165) is 35.1 Å². The van der Waals surface area contributed by atoms with Gasteiger partial charge in [-0.2, -0.15) is 10.2 Å². The fraction of sp³-hybridized carbons (Fsp3) is 0.375. The Morgan fingerprint density at radius 3 is 2.90 bits per heavy atom. The largest absolute Gasteiger partial charge is 0.388 e. The summed E-state index contributed by atoms with van der Waals surface area (Å²) in [6.07, 6.45) is 4.61. The number of aliphatic hydroxyl groups excluding tert-OH is 1. The van der Waals surface area contributed by atoms with Crippen LogP contribution in [0.3, 0.4) is 0 Å². The number of benzene rings is 1. The zero-order valence-electron chi connectivity index (χ0n) is 12.4. The van der Waals surface area contributed by atoms with Gasteiger partial charge in [0.25, 0.3) is 0 Å². The van der Waals surface area contributed by atoms with Crippen LogP contribution in [0.5, 0.6) is 0 Å². The fourth-order valence-electron chi connectivity index (χ4n) is 2.64. The Morgan fingerprint density at radius 2 is 2.10 bits per heavy atom. The van der Waals surface area contributed by atoms with Crippen LogP contribution in [-0.2, 0) is 20.0 Å². The molecular weight excluding hydrogens is 264 g/mol. The molecule has 0 aliphatic carbocycles. The molecule has 0 spiro atoms. The third-order valence-corrected chi connectivity index (χ3v) is 3.71. The second kappa shape index (κ2) is 5.69. The van der Waals surface area contributed by atoms with E-state index >= 15 is 0 Å². The van der Waals surface area contributed by atoms with Gasteiger partial charge in [-0.3, -0.25) is 9.36 Å². The maximum atomic E-state index is 10.4. The predicted octanol–water partition coefficient (Wildman–Crippen LogP) is 2.46. The molecule has 0 amide bonds. The van der Waals surface area contributed by atoms with Crippen LogP contribution in [0.4, 0.5) is 0 Å². The minimum absolute atomic E-state index is 0.499. The highest BCUT2D eigenvalue weighted by atomic mass is 16.3. The van der Waals surface area contributed by atoms with E-state index in [4.69, 9.17) is 0 Å². The van der Waals surface area contributed by atoms with E-state index in [9.17, 15) is 5.11 Å². The normalized spacial score (nSPS) is 12.9. The zero-order valence-corrected chi connectivity index (χ0v) is 12.4. The van der Waals surface area contributed by atoms with Gasteiger partial charge >= 0.3 is 0 Å². The monoisotopic (exact) mass is 284 g/mol. The molecule has 0 saturated heterocycles. The maximum Gasteiger partial charge on any atom is 0.0876 e. The van der Waals surface area contributed by atoms with Gasteiger partial charge < -0.3 is 5.11 Å². The Bertz CT molecular complexity index is 744. The van der Waals surface area contributed by atoms with Gasteiger partial charge in [-0.15, -0.1) is 0 Å². The predicted molar refractivity (Wildman–Crippen MR) is 81.9 cm³/mol. The molecule has 0 fully saturated rings. The first kappa shape index (κ1) is 13.8. The van der Waals surface area contributed by atoms with Crippen molar-refractivity contribution < 1.29 is 5.11 Å². The first-order valence-corrected chi connectivity index (χ1v) is 7.30. The summed E-state index contributed by atoms with van der Waals surface area (Å²) >= 11 is 0. The summed E-state index contributed by atoms with van der Waals surface area (Å²) in [4.78, 5) is 0. The summed E-state index contributed by atoms with van der Waals surface area (Å²) in [6, 6.07) is 8.08. The molecule has 3 rings (SSSR count). The van der Waals surface area contributed by atoms with Gasteiger partial charge in [0.1, 0.15) is 0 Å². The highest BCUT2D eigenvalue weighted by Gasteiger charge is 2.15. The number of aliphatic hydroxyl groups is 1. The third kappa shape index (κ3) is 2.69. The SMILES string of the molecule is CCCn1cc(C(O)Cc2nn(C)c3ccccc23)cn1. The summed E-state index contributed by atoms with van der Waals surface area (Å²) < 4.78 is 3.73. The molecule has 110 valence electrons. The summed E-state index contributed by atoms with van der Waals surface area (Å²) in [7, 11) is 1.93. The topological polar surface area (TPSA) is 55.9 Å². The third-order valence-electron chi connectivity index (χ3n) is 3.71. The van der Waals surface area contributed by atoms with Crippen LogP contribution >= 0.6 is 0 Å². The lowest BCUT2D eigenvalue weighted by Crippen LogP contribution is -2.03. The lowest BCUT2D eigenvalue weighted by Gasteiger charge is -2.06. The maximum absolute atomic E-state index is 10.4. The molecule has 1 aromatic carbocycles. The second-order valence-electron chi connectivity index (χ2n) is 5.34. The number of nitrogens with zero attached hydrogens (tertiary/aromatic N) is 4. The van der Waals surface area contributed by atoms with E-state index in [1.807, 2.05) is 46.9 Å². The van der Waals surface area contributed by atoms with Crippen LogP contribution in [0.25, 0.3) is 10.9 Å². The highest BCUT2D eigenvalue weighted by Crippen LogP contribution is 2.23. The van der Waals surface area contributed by atoms with Crippen LogP contribution in [-0.4, -0.2) is 24.7 Å². The molecule has 0 bridgehead atoms. The quantitative estimate of drug-likeness (QED) is 0.783. The van der Waals surface area contributed by atoms with Crippen molar-refractivity contribution in [3.05, 3.63) is 47.9 Å². The van der Waals surface area contributed by atoms with Gasteiger partial charge in [0, 0.05) is 37.2 Å². The summed E-state index contributed by atoms with van der Waals surface area (Å²) in [5.41, 5.74) is 2.85. The first-order chi connectivity index (χ1) is 10.2. The summed E-state index contributed by atoms with van der Waals surface area (Å²) in [6.45, 7) is 2.98. The summed E-state index contributed by atoms with van der Waals surface area (Å²) in [5, 5.41) is 20.3. The van der Waals surface area contributed by atoms with E-state index < -0.39 is 6.10 Å².